The van der Waals surface area contributed by atoms with Crippen molar-refractivity contribution in [1.82, 2.24) is 10.2 Å². The Hall–Kier alpha value is -0.940. The minimum Gasteiger partial charge on any atom is -0.390 e. The molecule has 0 saturated heterocycles. The van der Waals surface area contributed by atoms with E-state index in [2.05, 4.69) is 17.4 Å². The van der Waals surface area contributed by atoms with Crippen LogP contribution in [0.4, 0.5) is 0 Å². The second kappa shape index (κ2) is 8.21. The van der Waals surface area contributed by atoms with Gasteiger partial charge in [0.25, 0.3) is 0 Å². The first kappa shape index (κ1) is 15.1. The van der Waals surface area contributed by atoms with Gasteiger partial charge in [0.15, 0.2) is 0 Å². The summed E-state index contributed by atoms with van der Waals surface area (Å²) >= 11 is 0. The van der Waals surface area contributed by atoms with E-state index in [0.717, 1.165) is 6.54 Å². The fourth-order valence-electron chi connectivity index (χ4n) is 1.89. The number of ether oxygens (including phenoxy) is 1. The van der Waals surface area contributed by atoms with Gasteiger partial charge in [-0.25, -0.2) is 0 Å². The Morgan fingerprint density at radius 1 is 1.28 bits per heavy atom. The van der Waals surface area contributed by atoms with E-state index in [9.17, 15) is 5.11 Å². The van der Waals surface area contributed by atoms with Crippen molar-refractivity contribution in [2.24, 2.45) is 0 Å². The number of benzene rings is 1. The Morgan fingerprint density at radius 2 is 1.94 bits per heavy atom. The van der Waals surface area contributed by atoms with Crippen LogP contribution >= 0.6 is 0 Å². The van der Waals surface area contributed by atoms with Gasteiger partial charge in [-0.05, 0) is 25.2 Å². The van der Waals surface area contributed by atoms with Gasteiger partial charge in [-0.15, -0.1) is 0 Å². The summed E-state index contributed by atoms with van der Waals surface area (Å²) in [7, 11) is 5.61. The Kier molecular flexibility index (Phi) is 6.90. The molecule has 0 aliphatic rings. The number of aliphatic hydroxyl groups is 1. The average molecular weight is 252 g/mol. The van der Waals surface area contributed by atoms with Gasteiger partial charge < -0.3 is 20.1 Å². The quantitative estimate of drug-likeness (QED) is 0.720. The van der Waals surface area contributed by atoms with Crippen molar-refractivity contribution in [3.8, 4) is 0 Å². The predicted molar refractivity (Wildman–Crippen MR) is 73.4 cm³/mol. The Morgan fingerprint density at radius 3 is 2.56 bits per heavy atom. The summed E-state index contributed by atoms with van der Waals surface area (Å²) in [6, 6.07) is 8.18. The number of hydrogen-bond donors (Lipinski definition) is 2. The molecule has 102 valence electrons. The molecular weight excluding hydrogens is 228 g/mol. The van der Waals surface area contributed by atoms with Crippen LogP contribution in [-0.2, 0) is 17.9 Å². The molecular formula is C14H24N2O2. The predicted octanol–water partition coefficient (Wildman–Crippen LogP) is 0.845. The van der Waals surface area contributed by atoms with Crippen LogP contribution in [0, 0.1) is 0 Å². The van der Waals surface area contributed by atoms with Crippen LogP contribution in [0.5, 0.6) is 0 Å². The molecule has 0 amide bonds. The maximum atomic E-state index is 9.74. The number of likely N-dealkylation sites (N-methyl/N-ethyl adjacent to an activating group) is 1. The Balaban J connectivity index is 2.39. The normalized spacial score (nSPS) is 12.9. The first-order valence-corrected chi connectivity index (χ1v) is 6.22. The SMILES string of the molecule is COCc1ccccc1CNCC(O)CN(C)C. The molecule has 0 aliphatic heterocycles. The van der Waals surface area contributed by atoms with E-state index in [-0.39, 0.29) is 6.10 Å². The van der Waals surface area contributed by atoms with Crippen molar-refractivity contribution in [3.05, 3.63) is 35.4 Å². The van der Waals surface area contributed by atoms with Crippen molar-refractivity contribution in [2.45, 2.75) is 19.3 Å². The third kappa shape index (κ3) is 5.60. The number of rotatable bonds is 8. The van der Waals surface area contributed by atoms with Gasteiger partial charge in [0.2, 0.25) is 0 Å². The van der Waals surface area contributed by atoms with Crippen LogP contribution in [0.2, 0.25) is 0 Å². The van der Waals surface area contributed by atoms with E-state index in [1.807, 2.05) is 31.1 Å². The molecule has 18 heavy (non-hydrogen) atoms. The summed E-state index contributed by atoms with van der Waals surface area (Å²) in [5.41, 5.74) is 2.41. The molecule has 0 saturated carbocycles. The molecule has 1 unspecified atom stereocenters. The molecule has 1 atom stereocenters. The molecule has 0 aliphatic carbocycles. The molecule has 4 nitrogen and oxygen atoms in total. The monoisotopic (exact) mass is 252 g/mol. The number of nitrogens with one attached hydrogen (secondary N) is 1. The molecule has 1 aromatic carbocycles. The highest BCUT2D eigenvalue weighted by Crippen LogP contribution is 2.09. The van der Waals surface area contributed by atoms with Crippen molar-refractivity contribution >= 4 is 0 Å². The lowest BCUT2D eigenvalue weighted by Gasteiger charge is -2.17. The maximum Gasteiger partial charge on any atom is 0.0791 e. The third-order valence-electron chi connectivity index (χ3n) is 2.69. The zero-order valence-electron chi connectivity index (χ0n) is 11.5. The van der Waals surface area contributed by atoms with Crippen LogP contribution in [0.3, 0.4) is 0 Å². The average Bonchev–Trinajstić information content (AvgIpc) is 2.30. The van der Waals surface area contributed by atoms with Crippen LogP contribution in [0.1, 0.15) is 11.1 Å². The molecule has 2 N–H and O–H groups in total. The van der Waals surface area contributed by atoms with Gasteiger partial charge in [0.05, 0.1) is 12.7 Å². The second-order valence-corrected chi connectivity index (χ2v) is 4.75. The lowest BCUT2D eigenvalue weighted by atomic mass is 10.1. The first-order valence-electron chi connectivity index (χ1n) is 6.22. The van der Waals surface area contributed by atoms with Gasteiger partial charge in [0.1, 0.15) is 0 Å². The van der Waals surface area contributed by atoms with E-state index in [0.29, 0.717) is 19.7 Å². The van der Waals surface area contributed by atoms with E-state index in [4.69, 9.17) is 4.74 Å². The largest absolute Gasteiger partial charge is 0.390 e. The molecule has 0 radical (unpaired) electrons. The van der Waals surface area contributed by atoms with E-state index in [1.54, 1.807) is 7.11 Å². The summed E-state index contributed by atoms with van der Waals surface area (Å²) in [4.78, 5) is 1.98. The number of nitrogens with zero attached hydrogens (tertiary/aromatic N) is 1. The third-order valence-corrected chi connectivity index (χ3v) is 2.69. The van der Waals surface area contributed by atoms with Crippen LogP contribution < -0.4 is 5.32 Å². The summed E-state index contributed by atoms with van der Waals surface area (Å²) in [6.45, 7) is 2.65. The highest BCUT2D eigenvalue weighted by molar-refractivity contribution is 5.26. The van der Waals surface area contributed by atoms with Crippen molar-refractivity contribution in [3.63, 3.8) is 0 Å². The molecule has 4 heteroatoms. The molecule has 1 aromatic rings. The molecule has 0 spiro atoms. The smallest absolute Gasteiger partial charge is 0.0791 e. The lowest BCUT2D eigenvalue weighted by molar-refractivity contribution is 0.134. The minimum absolute atomic E-state index is 0.338. The molecule has 1 rings (SSSR count). The van der Waals surface area contributed by atoms with Gasteiger partial charge in [0, 0.05) is 26.7 Å². The summed E-state index contributed by atoms with van der Waals surface area (Å²) in [5, 5.41) is 13.0. The Labute approximate surface area is 110 Å². The molecule has 0 aromatic heterocycles. The fraction of sp³-hybridized carbons (Fsp3) is 0.571. The number of aliphatic hydroxyl groups excluding tert-OH is 1. The zero-order valence-corrected chi connectivity index (χ0v) is 11.5. The standard InChI is InChI=1S/C14H24N2O2/c1-16(2)10-14(17)9-15-8-12-6-4-5-7-13(12)11-18-3/h4-7,14-15,17H,8-11H2,1-3H3. The van der Waals surface area contributed by atoms with Crippen molar-refractivity contribution < 1.29 is 9.84 Å². The Bertz CT molecular complexity index is 342. The highest BCUT2D eigenvalue weighted by atomic mass is 16.5. The first-order chi connectivity index (χ1) is 8.63. The van der Waals surface area contributed by atoms with Gasteiger partial charge in [-0.2, -0.15) is 0 Å². The second-order valence-electron chi connectivity index (χ2n) is 4.75. The maximum absolute atomic E-state index is 9.74. The van der Waals surface area contributed by atoms with Gasteiger partial charge in [-0.1, -0.05) is 24.3 Å². The summed E-state index contributed by atoms with van der Waals surface area (Å²) in [5.74, 6) is 0. The van der Waals surface area contributed by atoms with Crippen molar-refractivity contribution in [2.75, 3.05) is 34.3 Å². The van der Waals surface area contributed by atoms with Gasteiger partial charge >= 0.3 is 0 Å². The fourth-order valence-corrected chi connectivity index (χ4v) is 1.89. The van der Waals surface area contributed by atoms with E-state index in [1.165, 1.54) is 11.1 Å². The van der Waals surface area contributed by atoms with Crippen LogP contribution in [0.15, 0.2) is 24.3 Å². The zero-order chi connectivity index (χ0) is 13.4. The highest BCUT2D eigenvalue weighted by Gasteiger charge is 2.06. The van der Waals surface area contributed by atoms with E-state index >= 15 is 0 Å². The van der Waals surface area contributed by atoms with Gasteiger partial charge in [-0.3, -0.25) is 0 Å². The summed E-state index contributed by atoms with van der Waals surface area (Å²) in [6.07, 6.45) is -0.338. The minimum atomic E-state index is -0.338. The number of hydrogen-bond acceptors (Lipinski definition) is 4. The molecule has 0 bridgehead atoms. The molecule has 0 heterocycles. The number of methoxy groups -OCH3 is 1. The van der Waals surface area contributed by atoms with Crippen LogP contribution in [0.25, 0.3) is 0 Å². The summed E-state index contributed by atoms with van der Waals surface area (Å²) < 4.78 is 5.16. The molecule has 0 fully saturated rings. The lowest BCUT2D eigenvalue weighted by Crippen LogP contribution is -2.34. The van der Waals surface area contributed by atoms with Crippen molar-refractivity contribution in [1.29, 1.82) is 0 Å². The van der Waals surface area contributed by atoms with E-state index < -0.39 is 0 Å². The van der Waals surface area contributed by atoms with Crippen LogP contribution in [-0.4, -0.2) is 50.4 Å². The topological polar surface area (TPSA) is 44.7 Å².